The van der Waals surface area contributed by atoms with Gasteiger partial charge < -0.3 is 19.3 Å². The number of benzene rings is 2. The lowest BCUT2D eigenvalue weighted by Gasteiger charge is -2.08. The van der Waals surface area contributed by atoms with Gasteiger partial charge in [-0.05, 0) is 43.3 Å². The number of methoxy groups -OCH3 is 2. The molecule has 5 heteroatoms. The first-order chi connectivity index (χ1) is 11.6. The molecular weight excluding hydrogens is 308 g/mol. The molecule has 0 spiro atoms. The zero-order valence-corrected chi connectivity index (χ0v) is 13.9. The van der Waals surface area contributed by atoms with Gasteiger partial charge in [-0.15, -0.1) is 0 Å². The standard InChI is InChI=1S/C19H20O5/c1-4-24-17-7-5-6-13(19(17)21)8-10-15(20)14-9-11-16(22-2)18(12-14)23-3/h5-12,21H,4H2,1-3H3. The van der Waals surface area contributed by atoms with Crippen molar-refractivity contribution in [2.45, 2.75) is 6.92 Å². The summed E-state index contributed by atoms with van der Waals surface area (Å²) in [6.07, 6.45) is 2.95. The normalized spacial score (nSPS) is 10.6. The van der Waals surface area contributed by atoms with Gasteiger partial charge in [-0.3, -0.25) is 4.79 Å². The van der Waals surface area contributed by atoms with Crippen LogP contribution in [-0.2, 0) is 0 Å². The van der Waals surface area contributed by atoms with Crippen molar-refractivity contribution in [3.63, 3.8) is 0 Å². The van der Waals surface area contributed by atoms with Crippen molar-refractivity contribution in [3.8, 4) is 23.0 Å². The van der Waals surface area contributed by atoms with Crippen molar-refractivity contribution in [2.24, 2.45) is 0 Å². The Kier molecular flexibility index (Phi) is 5.84. The molecule has 0 aliphatic carbocycles. The van der Waals surface area contributed by atoms with Crippen molar-refractivity contribution in [3.05, 3.63) is 53.6 Å². The molecule has 24 heavy (non-hydrogen) atoms. The summed E-state index contributed by atoms with van der Waals surface area (Å²) in [5, 5.41) is 10.1. The molecule has 1 N–H and O–H groups in total. The third-order valence-corrected chi connectivity index (χ3v) is 3.41. The first-order valence-corrected chi connectivity index (χ1v) is 7.50. The summed E-state index contributed by atoms with van der Waals surface area (Å²) in [5.41, 5.74) is 0.971. The molecule has 0 amide bonds. The molecule has 0 aromatic heterocycles. The molecule has 0 aliphatic heterocycles. The minimum Gasteiger partial charge on any atom is -0.504 e. The highest BCUT2D eigenvalue weighted by molar-refractivity contribution is 6.07. The van der Waals surface area contributed by atoms with Crippen molar-refractivity contribution >= 4 is 11.9 Å². The summed E-state index contributed by atoms with van der Waals surface area (Å²) in [7, 11) is 3.05. The summed E-state index contributed by atoms with van der Waals surface area (Å²) in [4.78, 5) is 12.3. The Balaban J connectivity index is 2.23. The summed E-state index contributed by atoms with van der Waals surface area (Å²) in [6, 6.07) is 10.1. The van der Waals surface area contributed by atoms with Crippen molar-refractivity contribution < 1.29 is 24.1 Å². The zero-order valence-electron chi connectivity index (χ0n) is 13.9. The van der Waals surface area contributed by atoms with Gasteiger partial charge in [0.2, 0.25) is 0 Å². The summed E-state index contributed by atoms with van der Waals surface area (Å²) in [5.74, 6) is 1.23. The Morgan fingerprint density at radius 2 is 1.83 bits per heavy atom. The van der Waals surface area contributed by atoms with Gasteiger partial charge in [0, 0.05) is 11.1 Å². The summed E-state index contributed by atoms with van der Waals surface area (Å²) in [6.45, 7) is 2.29. The average Bonchev–Trinajstić information content (AvgIpc) is 2.61. The monoisotopic (exact) mass is 328 g/mol. The highest BCUT2D eigenvalue weighted by Crippen LogP contribution is 2.31. The maximum absolute atomic E-state index is 12.3. The molecule has 126 valence electrons. The van der Waals surface area contributed by atoms with Gasteiger partial charge in [0.25, 0.3) is 0 Å². The zero-order chi connectivity index (χ0) is 17.5. The molecule has 2 aromatic carbocycles. The minimum atomic E-state index is -0.211. The highest BCUT2D eigenvalue weighted by atomic mass is 16.5. The summed E-state index contributed by atoms with van der Waals surface area (Å²) >= 11 is 0. The maximum Gasteiger partial charge on any atom is 0.185 e. The van der Waals surface area contributed by atoms with Gasteiger partial charge >= 0.3 is 0 Å². The fourth-order valence-electron chi connectivity index (χ4n) is 2.20. The molecule has 0 bridgehead atoms. The van der Waals surface area contributed by atoms with Gasteiger partial charge in [0.15, 0.2) is 28.8 Å². The predicted molar refractivity (Wildman–Crippen MR) is 92.2 cm³/mol. The number of phenols is 1. The van der Waals surface area contributed by atoms with E-state index in [0.717, 1.165) is 0 Å². The topological polar surface area (TPSA) is 65.0 Å². The third-order valence-electron chi connectivity index (χ3n) is 3.41. The number of aromatic hydroxyl groups is 1. The van der Waals surface area contributed by atoms with Crippen LogP contribution >= 0.6 is 0 Å². The Morgan fingerprint density at radius 3 is 2.50 bits per heavy atom. The van der Waals surface area contributed by atoms with Gasteiger partial charge in [-0.2, -0.15) is 0 Å². The molecule has 0 radical (unpaired) electrons. The van der Waals surface area contributed by atoms with Crippen LogP contribution in [-0.4, -0.2) is 31.7 Å². The number of para-hydroxylation sites is 1. The van der Waals surface area contributed by atoms with E-state index in [4.69, 9.17) is 14.2 Å². The van der Waals surface area contributed by atoms with Crippen molar-refractivity contribution in [1.82, 2.24) is 0 Å². The van der Waals surface area contributed by atoms with Gasteiger partial charge in [0.1, 0.15) is 0 Å². The third kappa shape index (κ3) is 3.87. The van der Waals surface area contributed by atoms with E-state index in [1.165, 1.54) is 20.3 Å². The van der Waals surface area contributed by atoms with Crippen LogP contribution in [0.15, 0.2) is 42.5 Å². The maximum atomic E-state index is 12.3. The van der Waals surface area contributed by atoms with E-state index in [9.17, 15) is 9.90 Å². The lowest BCUT2D eigenvalue weighted by molar-refractivity contribution is 0.104. The molecule has 0 heterocycles. The number of ether oxygens (including phenoxy) is 3. The molecule has 0 atom stereocenters. The Hall–Kier alpha value is -2.95. The van der Waals surface area contributed by atoms with E-state index < -0.39 is 0 Å². The second-order valence-electron chi connectivity index (χ2n) is 4.89. The fraction of sp³-hybridized carbons (Fsp3) is 0.211. The number of allylic oxidation sites excluding steroid dienone is 1. The van der Waals surface area contributed by atoms with Gasteiger partial charge in [-0.1, -0.05) is 12.1 Å². The van der Waals surface area contributed by atoms with Crippen LogP contribution in [0.2, 0.25) is 0 Å². The first kappa shape index (κ1) is 17.4. The van der Waals surface area contributed by atoms with E-state index in [0.29, 0.717) is 35.0 Å². The minimum absolute atomic E-state index is 0.00992. The number of ketones is 1. The van der Waals surface area contributed by atoms with Crippen LogP contribution in [0.25, 0.3) is 6.08 Å². The number of phenolic OH excluding ortho intramolecular Hbond substituents is 1. The van der Waals surface area contributed by atoms with Gasteiger partial charge in [0.05, 0.1) is 20.8 Å². The average molecular weight is 328 g/mol. The molecule has 0 fully saturated rings. The van der Waals surface area contributed by atoms with Crippen LogP contribution in [0.4, 0.5) is 0 Å². The van der Waals surface area contributed by atoms with Crippen LogP contribution in [0.3, 0.4) is 0 Å². The van der Waals surface area contributed by atoms with E-state index in [1.807, 2.05) is 6.92 Å². The smallest absolute Gasteiger partial charge is 0.185 e. The van der Waals surface area contributed by atoms with E-state index >= 15 is 0 Å². The predicted octanol–water partition coefficient (Wildman–Crippen LogP) is 3.70. The lowest BCUT2D eigenvalue weighted by Crippen LogP contribution is -1.97. The number of carbonyl (C=O) groups excluding carboxylic acids is 1. The van der Waals surface area contributed by atoms with Crippen LogP contribution < -0.4 is 14.2 Å². The SMILES string of the molecule is CCOc1cccc(C=CC(=O)c2ccc(OC)c(OC)c2)c1O. The summed E-state index contributed by atoms with van der Waals surface area (Å²) < 4.78 is 15.7. The molecule has 2 aromatic rings. The van der Waals surface area contributed by atoms with E-state index in [2.05, 4.69) is 0 Å². The van der Waals surface area contributed by atoms with Crippen LogP contribution in [0.1, 0.15) is 22.8 Å². The van der Waals surface area contributed by atoms with E-state index in [1.54, 1.807) is 42.5 Å². The quantitative estimate of drug-likeness (QED) is 0.620. The molecule has 0 aliphatic rings. The second-order valence-corrected chi connectivity index (χ2v) is 4.89. The Morgan fingerprint density at radius 1 is 1.08 bits per heavy atom. The molecule has 0 saturated heterocycles. The van der Waals surface area contributed by atoms with Crippen LogP contribution in [0.5, 0.6) is 23.0 Å². The number of hydrogen-bond acceptors (Lipinski definition) is 5. The van der Waals surface area contributed by atoms with Crippen LogP contribution in [0, 0.1) is 0 Å². The number of rotatable bonds is 7. The van der Waals surface area contributed by atoms with Crippen molar-refractivity contribution in [1.29, 1.82) is 0 Å². The molecular formula is C19H20O5. The fourth-order valence-corrected chi connectivity index (χ4v) is 2.20. The molecule has 5 nitrogen and oxygen atoms in total. The Labute approximate surface area is 141 Å². The molecule has 0 saturated carbocycles. The first-order valence-electron chi connectivity index (χ1n) is 7.50. The van der Waals surface area contributed by atoms with Crippen molar-refractivity contribution in [2.75, 3.05) is 20.8 Å². The number of hydrogen-bond donors (Lipinski definition) is 1. The largest absolute Gasteiger partial charge is 0.504 e. The lowest BCUT2D eigenvalue weighted by atomic mass is 10.1. The second kappa shape index (κ2) is 8.06. The number of carbonyl (C=O) groups is 1. The van der Waals surface area contributed by atoms with Gasteiger partial charge in [-0.25, -0.2) is 0 Å². The highest BCUT2D eigenvalue weighted by Gasteiger charge is 2.10. The van der Waals surface area contributed by atoms with E-state index in [-0.39, 0.29) is 11.5 Å². The molecule has 0 unspecified atom stereocenters. The Bertz CT molecular complexity index is 749. The molecule has 2 rings (SSSR count).